The van der Waals surface area contributed by atoms with Crippen LogP contribution >= 0.6 is 12.6 Å². The SMILES string of the molecule is CCOc1nc(CC)c(CNC(=O)[C@@H](S)CC2CC2)n1Cc1ccc(-c2ccccc2C(=O)O)cc1F. The molecule has 0 spiro atoms. The Balaban J connectivity index is 1.60. The summed E-state index contributed by atoms with van der Waals surface area (Å²) in [4.78, 5) is 28.8. The topological polar surface area (TPSA) is 93.5 Å². The number of thiol groups is 1. The van der Waals surface area contributed by atoms with E-state index in [0.717, 1.165) is 30.7 Å². The highest BCUT2D eigenvalue weighted by molar-refractivity contribution is 7.81. The van der Waals surface area contributed by atoms with Gasteiger partial charge in [-0.15, -0.1) is 0 Å². The van der Waals surface area contributed by atoms with Gasteiger partial charge in [0.2, 0.25) is 5.91 Å². The predicted molar refractivity (Wildman–Crippen MR) is 143 cm³/mol. The Bertz CT molecular complexity index is 1290. The van der Waals surface area contributed by atoms with Crippen molar-refractivity contribution < 1.29 is 23.8 Å². The van der Waals surface area contributed by atoms with Gasteiger partial charge in [-0.25, -0.2) is 9.18 Å². The molecule has 1 aliphatic rings. The maximum atomic E-state index is 15.3. The van der Waals surface area contributed by atoms with Crippen LogP contribution in [0.25, 0.3) is 11.1 Å². The third-order valence-corrected chi connectivity index (χ3v) is 7.01. The highest BCUT2D eigenvalue weighted by Gasteiger charge is 2.28. The molecule has 3 aromatic rings. The number of carboxylic acid groups (broad SMARTS) is 1. The molecule has 37 heavy (non-hydrogen) atoms. The smallest absolute Gasteiger partial charge is 0.336 e. The fourth-order valence-electron chi connectivity index (χ4n) is 4.39. The number of imidazole rings is 1. The van der Waals surface area contributed by atoms with Crippen LogP contribution in [0.4, 0.5) is 4.39 Å². The average molecular weight is 526 g/mol. The zero-order valence-electron chi connectivity index (χ0n) is 21.0. The summed E-state index contributed by atoms with van der Waals surface area (Å²) in [6, 6.07) is 11.6. The number of carbonyl (C=O) groups excluding carboxylic acids is 1. The molecule has 0 bridgehead atoms. The summed E-state index contributed by atoms with van der Waals surface area (Å²) in [6.07, 6.45) is 3.70. The molecule has 0 aliphatic heterocycles. The first-order valence-corrected chi connectivity index (χ1v) is 13.1. The monoisotopic (exact) mass is 525 g/mol. The van der Waals surface area contributed by atoms with Gasteiger partial charge in [-0.05, 0) is 48.9 Å². The third kappa shape index (κ3) is 6.33. The molecule has 0 unspecified atom stereocenters. The number of carboxylic acids is 1. The van der Waals surface area contributed by atoms with E-state index in [1.165, 1.54) is 12.1 Å². The van der Waals surface area contributed by atoms with E-state index >= 15 is 4.39 Å². The number of hydrogen-bond donors (Lipinski definition) is 3. The van der Waals surface area contributed by atoms with Crippen molar-refractivity contribution in [2.24, 2.45) is 5.92 Å². The van der Waals surface area contributed by atoms with Crippen LogP contribution in [0.15, 0.2) is 42.5 Å². The number of amides is 1. The van der Waals surface area contributed by atoms with E-state index in [-0.39, 0.29) is 29.8 Å². The van der Waals surface area contributed by atoms with Crippen molar-refractivity contribution in [1.29, 1.82) is 0 Å². The van der Waals surface area contributed by atoms with Gasteiger partial charge in [0.25, 0.3) is 6.01 Å². The normalized spacial score (nSPS) is 13.8. The molecule has 1 aliphatic carbocycles. The van der Waals surface area contributed by atoms with E-state index in [4.69, 9.17) is 4.74 Å². The number of nitrogens with zero attached hydrogens (tertiary/aromatic N) is 2. The number of nitrogens with one attached hydrogen (secondary N) is 1. The van der Waals surface area contributed by atoms with Crippen molar-refractivity contribution in [2.45, 2.75) is 57.9 Å². The van der Waals surface area contributed by atoms with Crippen LogP contribution in [0.5, 0.6) is 6.01 Å². The standard InChI is InChI=1S/C28H32FN3O4S/c1-3-23-24(15-30-26(33)25(37)13-17-9-10-17)32(28(31-23)36-4-2)16-19-12-11-18(14-22(19)29)20-7-5-6-8-21(20)27(34)35/h5-8,11-12,14,17,25,37H,3-4,9-10,13,15-16H2,1-2H3,(H,30,33)(H,34,35)/t25-/m0/s1. The van der Waals surface area contributed by atoms with Gasteiger partial charge in [0.1, 0.15) is 5.82 Å². The molecule has 1 fully saturated rings. The van der Waals surface area contributed by atoms with Crippen LogP contribution < -0.4 is 10.1 Å². The van der Waals surface area contributed by atoms with Crippen molar-refractivity contribution in [3.05, 3.63) is 70.8 Å². The molecule has 2 N–H and O–H groups in total. The zero-order chi connectivity index (χ0) is 26.5. The van der Waals surface area contributed by atoms with Crippen molar-refractivity contribution in [3.63, 3.8) is 0 Å². The predicted octanol–water partition coefficient (Wildman–Crippen LogP) is 5.11. The van der Waals surface area contributed by atoms with Crippen molar-refractivity contribution in [3.8, 4) is 17.1 Å². The van der Waals surface area contributed by atoms with Crippen LogP contribution in [0.1, 0.15) is 60.4 Å². The number of halogens is 1. The highest BCUT2D eigenvalue weighted by atomic mass is 32.1. The molecule has 1 heterocycles. The maximum Gasteiger partial charge on any atom is 0.336 e. The van der Waals surface area contributed by atoms with Gasteiger partial charge in [0, 0.05) is 5.56 Å². The van der Waals surface area contributed by atoms with E-state index in [1.807, 2.05) is 13.8 Å². The molecule has 2 aromatic carbocycles. The fraction of sp³-hybridized carbons (Fsp3) is 0.393. The Kier molecular flexibility index (Phi) is 8.53. The number of carbonyl (C=O) groups is 2. The van der Waals surface area contributed by atoms with Gasteiger partial charge < -0.3 is 15.2 Å². The number of rotatable bonds is 12. The molecule has 7 nitrogen and oxygen atoms in total. The molecule has 196 valence electrons. The second-order valence-corrected chi connectivity index (χ2v) is 9.85. The Labute approximate surface area is 221 Å². The minimum Gasteiger partial charge on any atom is -0.478 e. The van der Waals surface area contributed by atoms with Crippen molar-refractivity contribution >= 4 is 24.5 Å². The molecule has 1 aromatic heterocycles. The largest absolute Gasteiger partial charge is 0.478 e. The first kappa shape index (κ1) is 26.7. The lowest BCUT2D eigenvalue weighted by atomic mass is 9.98. The van der Waals surface area contributed by atoms with Gasteiger partial charge >= 0.3 is 5.97 Å². The lowest BCUT2D eigenvalue weighted by Gasteiger charge is -2.16. The summed E-state index contributed by atoms with van der Waals surface area (Å²) in [6.45, 7) is 4.59. The van der Waals surface area contributed by atoms with Gasteiger partial charge in [0.15, 0.2) is 0 Å². The van der Waals surface area contributed by atoms with Crippen LogP contribution in [0.3, 0.4) is 0 Å². The van der Waals surface area contributed by atoms with E-state index in [1.54, 1.807) is 34.9 Å². The maximum absolute atomic E-state index is 15.3. The molecule has 1 atom stereocenters. The second kappa shape index (κ2) is 11.8. The summed E-state index contributed by atoms with van der Waals surface area (Å²) < 4.78 is 22.9. The minimum absolute atomic E-state index is 0.109. The van der Waals surface area contributed by atoms with Crippen LogP contribution in [-0.4, -0.2) is 38.4 Å². The van der Waals surface area contributed by atoms with Gasteiger partial charge in [-0.1, -0.05) is 50.1 Å². The lowest BCUT2D eigenvalue weighted by Crippen LogP contribution is -2.32. The molecule has 1 amide bonds. The van der Waals surface area contributed by atoms with Gasteiger partial charge in [-0.2, -0.15) is 17.6 Å². The van der Waals surface area contributed by atoms with Crippen LogP contribution in [0, 0.1) is 11.7 Å². The number of benzene rings is 2. The molecule has 1 saturated carbocycles. The second-order valence-electron chi connectivity index (χ2n) is 9.23. The summed E-state index contributed by atoms with van der Waals surface area (Å²) in [5, 5.41) is 12.1. The Morgan fingerprint density at radius 2 is 2.00 bits per heavy atom. The number of aromatic carboxylic acids is 1. The highest BCUT2D eigenvalue weighted by Crippen LogP contribution is 2.35. The zero-order valence-corrected chi connectivity index (χ0v) is 21.9. The molecule has 9 heteroatoms. The Morgan fingerprint density at radius 3 is 2.65 bits per heavy atom. The number of aryl methyl sites for hydroxylation is 1. The molecular weight excluding hydrogens is 493 g/mol. The summed E-state index contributed by atoms with van der Waals surface area (Å²) in [5.74, 6) is -1.08. The fourth-order valence-corrected chi connectivity index (χ4v) is 4.78. The first-order chi connectivity index (χ1) is 17.8. The van der Waals surface area contributed by atoms with E-state index in [2.05, 4.69) is 22.9 Å². The number of hydrogen-bond acceptors (Lipinski definition) is 5. The van der Waals surface area contributed by atoms with Crippen molar-refractivity contribution in [1.82, 2.24) is 14.9 Å². The van der Waals surface area contributed by atoms with E-state index < -0.39 is 11.8 Å². The minimum atomic E-state index is -1.07. The van der Waals surface area contributed by atoms with Crippen LogP contribution in [-0.2, 0) is 24.3 Å². The molecule has 4 rings (SSSR count). The number of ether oxygens (including phenoxy) is 1. The van der Waals surface area contributed by atoms with Gasteiger partial charge in [0.05, 0.1) is 41.9 Å². The third-order valence-electron chi connectivity index (χ3n) is 6.57. The summed E-state index contributed by atoms with van der Waals surface area (Å²) in [5.41, 5.74) is 2.96. The lowest BCUT2D eigenvalue weighted by molar-refractivity contribution is -0.120. The molecule has 0 radical (unpaired) electrons. The van der Waals surface area contributed by atoms with Crippen LogP contribution in [0.2, 0.25) is 0 Å². The molecular formula is C28H32FN3O4S. The van der Waals surface area contributed by atoms with Gasteiger partial charge in [-0.3, -0.25) is 9.36 Å². The Hall–Kier alpha value is -3.33. The average Bonchev–Trinajstić information content (AvgIpc) is 3.65. The Morgan fingerprint density at radius 1 is 1.24 bits per heavy atom. The van der Waals surface area contributed by atoms with E-state index in [9.17, 15) is 14.7 Å². The summed E-state index contributed by atoms with van der Waals surface area (Å²) in [7, 11) is 0. The number of aromatic nitrogens is 2. The first-order valence-electron chi connectivity index (χ1n) is 12.6. The van der Waals surface area contributed by atoms with Crippen molar-refractivity contribution in [2.75, 3.05) is 6.61 Å². The quantitative estimate of drug-likeness (QED) is 0.286. The molecule has 0 saturated heterocycles. The van der Waals surface area contributed by atoms with E-state index in [0.29, 0.717) is 41.6 Å². The summed E-state index contributed by atoms with van der Waals surface area (Å²) >= 11 is 4.47.